The Labute approximate surface area is 119 Å². The number of hydrazine groups is 1. The van der Waals surface area contributed by atoms with E-state index in [9.17, 15) is 0 Å². The van der Waals surface area contributed by atoms with Gasteiger partial charge in [-0.05, 0) is 29.8 Å². The lowest BCUT2D eigenvalue weighted by atomic mass is 10.1. The number of methoxy groups -OCH3 is 1. The number of nitrogens with one attached hydrogen (secondary N) is 1. The Morgan fingerprint density at radius 2 is 2.06 bits per heavy atom. The molecule has 1 aromatic heterocycles. The first-order chi connectivity index (χ1) is 8.65. The summed E-state index contributed by atoms with van der Waals surface area (Å²) in [5.41, 5.74) is 3.74. The van der Waals surface area contributed by atoms with Crippen LogP contribution in [0.15, 0.2) is 30.3 Å². The fraction of sp³-hybridized carbons (Fsp3) is 0.167. The first kappa shape index (κ1) is 13.6. The highest BCUT2D eigenvalue weighted by Crippen LogP contribution is 2.34. The van der Waals surface area contributed by atoms with Gasteiger partial charge in [-0.15, -0.1) is 11.3 Å². The molecule has 96 valence electrons. The quantitative estimate of drug-likeness (QED) is 0.670. The Hall–Kier alpha value is -0.780. The zero-order valence-electron chi connectivity index (χ0n) is 9.61. The zero-order chi connectivity index (χ0) is 13.1. The first-order valence-corrected chi connectivity index (χ1v) is 6.77. The van der Waals surface area contributed by atoms with Gasteiger partial charge in [0.15, 0.2) is 0 Å². The van der Waals surface area contributed by atoms with Gasteiger partial charge in [0.2, 0.25) is 0 Å². The molecule has 0 aliphatic rings. The van der Waals surface area contributed by atoms with Crippen molar-refractivity contribution in [2.45, 2.75) is 6.04 Å². The highest BCUT2D eigenvalue weighted by Gasteiger charge is 2.16. The Kier molecular flexibility index (Phi) is 4.48. The Balaban J connectivity index is 2.38. The van der Waals surface area contributed by atoms with Crippen molar-refractivity contribution in [1.29, 1.82) is 0 Å². The average Bonchev–Trinajstić information content (AvgIpc) is 2.79. The largest absolute Gasteiger partial charge is 0.495 e. The zero-order valence-corrected chi connectivity index (χ0v) is 11.9. The summed E-state index contributed by atoms with van der Waals surface area (Å²) < 4.78 is 5.93. The highest BCUT2D eigenvalue weighted by molar-refractivity contribution is 7.16. The second-order valence-corrected chi connectivity index (χ2v) is 5.79. The second kappa shape index (κ2) is 5.91. The van der Waals surface area contributed by atoms with E-state index in [0.29, 0.717) is 10.8 Å². The number of nitrogens with two attached hydrogens (primary N) is 1. The number of benzene rings is 1. The molecular formula is C12H12Cl2N2OS. The summed E-state index contributed by atoms with van der Waals surface area (Å²) in [6.45, 7) is 0. The van der Waals surface area contributed by atoms with Crippen molar-refractivity contribution < 1.29 is 4.74 Å². The molecule has 0 saturated heterocycles. The van der Waals surface area contributed by atoms with Crippen LogP contribution in [0.1, 0.15) is 16.5 Å². The van der Waals surface area contributed by atoms with Gasteiger partial charge < -0.3 is 4.74 Å². The Bertz CT molecular complexity index is 545. The van der Waals surface area contributed by atoms with E-state index in [-0.39, 0.29) is 6.04 Å². The summed E-state index contributed by atoms with van der Waals surface area (Å²) in [6, 6.07) is 9.21. The molecule has 0 spiro atoms. The third-order valence-electron chi connectivity index (χ3n) is 2.55. The number of rotatable bonds is 4. The number of thiophene rings is 1. The van der Waals surface area contributed by atoms with E-state index in [0.717, 1.165) is 14.8 Å². The van der Waals surface area contributed by atoms with Crippen molar-refractivity contribution in [3.8, 4) is 5.75 Å². The molecule has 2 aromatic rings. The van der Waals surface area contributed by atoms with Crippen molar-refractivity contribution in [3.05, 3.63) is 50.1 Å². The maximum atomic E-state index is 6.00. The molecule has 6 heteroatoms. The molecule has 0 saturated carbocycles. The van der Waals surface area contributed by atoms with Gasteiger partial charge in [-0.1, -0.05) is 29.3 Å². The van der Waals surface area contributed by atoms with Crippen LogP contribution in [0.3, 0.4) is 0 Å². The van der Waals surface area contributed by atoms with Gasteiger partial charge in [0, 0.05) is 4.88 Å². The average molecular weight is 303 g/mol. The minimum absolute atomic E-state index is 0.131. The third-order valence-corrected chi connectivity index (χ3v) is 4.16. The van der Waals surface area contributed by atoms with Gasteiger partial charge in [-0.3, -0.25) is 5.84 Å². The van der Waals surface area contributed by atoms with E-state index >= 15 is 0 Å². The van der Waals surface area contributed by atoms with Gasteiger partial charge in [0.1, 0.15) is 5.75 Å². The van der Waals surface area contributed by atoms with Crippen LogP contribution < -0.4 is 16.0 Å². The predicted molar refractivity (Wildman–Crippen MR) is 76.5 cm³/mol. The molecule has 0 bridgehead atoms. The summed E-state index contributed by atoms with van der Waals surface area (Å²) in [6.07, 6.45) is 0. The lowest BCUT2D eigenvalue weighted by Crippen LogP contribution is -2.28. The van der Waals surface area contributed by atoms with Crippen molar-refractivity contribution >= 4 is 34.5 Å². The monoisotopic (exact) mass is 302 g/mol. The van der Waals surface area contributed by atoms with Crippen molar-refractivity contribution in [3.63, 3.8) is 0 Å². The molecule has 0 aliphatic heterocycles. The minimum Gasteiger partial charge on any atom is -0.495 e. The van der Waals surface area contributed by atoms with Crippen LogP contribution in [0, 0.1) is 0 Å². The maximum absolute atomic E-state index is 6.00. The van der Waals surface area contributed by atoms with Crippen molar-refractivity contribution in [2.24, 2.45) is 5.84 Å². The van der Waals surface area contributed by atoms with Crippen LogP contribution in [0.2, 0.25) is 9.36 Å². The van der Waals surface area contributed by atoms with Gasteiger partial charge in [-0.2, -0.15) is 0 Å². The summed E-state index contributed by atoms with van der Waals surface area (Å²) in [5, 5.41) is 0.571. The molecule has 0 aliphatic carbocycles. The van der Waals surface area contributed by atoms with Gasteiger partial charge in [0.05, 0.1) is 22.5 Å². The molecule has 1 heterocycles. The van der Waals surface area contributed by atoms with Crippen LogP contribution in [0.5, 0.6) is 5.75 Å². The lowest BCUT2D eigenvalue weighted by Gasteiger charge is -2.16. The van der Waals surface area contributed by atoms with E-state index in [4.69, 9.17) is 33.8 Å². The van der Waals surface area contributed by atoms with E-state index in [1.54, 1.807) is 13.2 Å². The standard InChI is InChI=1S/C12H12Cl2N2OS/c1-17-9-6-7(2-3-8(9)13)12(16-15)10-4-5-11(14)18-10/h2-6,12,16H,15H2,1H3. The highest BCUT2D eigenvalue weighted by atomic mass is 35.5. The summed E-state index contributed by atoms with van der Waals surface area (Å²) in [5.74, 6) is 6.24. The van der Waals surface area contributed by atoms with Crippen LogP contribution in [-0.4, -0.2) is 7.11 Å². The SMILES string of the molecule is COc1cc(C(NN)c2ccc(Cl)s2)ccc1Cl. The Morgan fingerprint density at radius 3 is 2.61 bits per heavy atom. The molecule has 3 nitrogen and oxygen atoms in total. The minimum atomic E-state index is -0.131. The van der Waals surface area contributed by atoms with Gasteiger partial charge in [-0.25, -0.2) is 5.43 Å². The number of hydrogen-bond acceptors (Lipinski definition) is 4. The molecule has 3 N–H and O–H groups in total. The molecule has 0 amide bonds. The Morgan fingerprint density at radius 1 is 1.28 bits per heavy atom. The van der Waals surface area contributed by atoms with Crippen LogP contribution in [-0.2, 0) is 0 Å². The van der Waals surface area contributed by atoms with Gasteiger partial charge in [0.25, 0.3) is 0 Å². The van der Waals surface area contributed by atoms with E-state index in [2.05, 4.69) is 5.43 Å². The van der Waals surface area contributed by atoms with E-state index in [1.165, 1.54) is 11.3 Å². The molecule has 0 fully saturated rings. The molecular weight excluding hydrogens is 291 g/mol. The summed E-state index contributed by atoms with van der Waals surface area (Å²) in [4.78, 5) is 1.03. The number of halogens is 2. The van der Waals surface area contributed by atoms with Crippen LogP contribution in [0.25, 0.3) is 0 Å². The summed E-state index contributed by atoms with van der Waals surface area (Å²) in [7, 11) is 1.58. The molecule has 0 radical (unpaired) electrons. The van der Waals surface area contributed by atoms with E-state index in [1.807, 2.05) is 24.3 Å². The topological polar surface area (TPSA) is 47.3 Å². The van der Waals surface area contributed by atoms with Crippen molar-refractivity contribution in [1.82, 2.24) is 5.43 Å². The predicted octanol–water partition coefficient (Wildman–Crippen LogP) is 3.62. The number of hydrogen-bond donors (Lipinski definition) is 2. The van der Waals surface area contributed by atoms with Crippen LogP contribution in [0.4, 0.5) is 0 Å². The summed E-state index contributed by atoms with van der Waals surface area (Å²) >= 11 is 13.4. The van der Waals surface area contributed by atoms with Gasteiger partial charge >= 0.3 is 0 Å². The number of ether oxygens (including phenoxy) is 1. The first-order valence-electron chi connectivity index (χ1n) is 5.20. The normalized spacial score (nSPS) is 12.4. The molecule has 2 rings (SSSR count). The van der Waals surface area contributed by atoms with Crippen LogP contribution >= 0.6 is 34.5 Å². The van der Waals surface area contributed by atoms with Crippen molar-refractivity contribution in [2.75, 3.05) is 7.11 Å². The fourth-order valence-corrected chi connectivity index (χ4v) is 3.03. The molecule has 1 aromatic carbocycles. The lowest BCUT2D eigenvalue weighted by molar-refractivity contribution is 0.414. The maximum Gasteiger partial charge on any atom is 0.137 e. The molecule has 18 heavy (non-hydrogen) atoms. The molecule has 1 atom stereocenters. The third kappa shape index (κ3) is 2.79. The molecule has 1 unspecified atom stereocenters. The fourth-order valence-electron chi connectivity index (χ4n) is 1.68. The second-order valence-electron chi connectivity index (χ2n) is 3.64. The van der Waals surface area contributed by atoms with E-state index < -0.39 is 0 Å². The smallest absolute Gasteiger partial charge is 0.137 e.